The van der Waals surface area contributed by atoms with Gasteiger partial charge in [0.05, 0.1) is 17.5 Å². The first-order chi connectivity index (χ1) is 23.3. The van der Waals surface area contributed by atoms with Crippen molar-refractivity contribution >= 4 is 41.4 Å². The van der Waals surface area contributed by atoms with Gasteiger partial charge < -0.3 is 37.0 Å². The Balaban J connectivity index is 1.42. The lowest BCUT2D eigenvalue weighted by Crippen LogP contribution is -2.58. The minimum absolute atomic E-state index is 0.0845. The second-order valence-electron chi connectivity index (χ2n) is 13.9. The van der Waals surface area contributed by atoms with Crippen LogP contribution in [0.25, 0.3) is 0 Å². The van der Waals surface area contributed by atoms with E-state index in [9.17, 15) is 19.5 Å². The van der Waals surface area contributed by atoms with E-state index < -0.39 is 18.2 Å². The van der Waals surface area contributed by atoms with Crippen molar-refractivity contribution in [3.05, 3.63) is 35.9 Å². The standard InChI is InChI=1S/C36H60N6O4S2/c1-47-22-17-29(39-35(45)31(25-27-12-6-3-7-13-27)41-36(46)42-20-15-28(37)16-21-42)34(44)40-30(24-26-10-4-2-5-11-26)32(43)18-23-48-33-14-8-9-19-38-33/h3,6-7,12-13,26,28-33,38,43H,2,4-5,8-11,14-25,37H2,1H3,(H,39,45)(H,40,44)(H,41,46)/t29-,30-,31-,32-,33?/m0/s1. The zero-order valence-corrected chi connectivity index (χ0v) is 30.5. The molecule has 4 amide bonds. The Kier molecular flexibility index (Phi) is 17.2. The lowest BCUT2D eigenvalue weighted by molar-refractivity contribution is -0.131. The summed E-state index contributed by atoms with van der Waals surface area (Å²) in [7, 11) is 0. The minimum Gasteiger partial charge on any atom is -0.391 e. The van der Waals surface area contributed by atoms with Crippen LogP contribution in [0.1, 0.15) is 89.0 Å². The molecule has 270 valence electrons. The number of benzene rings is 1. The van der Waals surface area contributed by atoms with Crippen molar-refractivity contribution in [3.63, 3.8) is 0 Å². The highest BCUT2D eigenvalue weighted by Gasteiger charge is 2.32. The molecular weight excluding hydrogens is 645 g/mol. The van der Waals surface area contributed by atoms with Crippen LogP contribution in [-0.4, -0.2) is 101 Å². The number of hydrogen-bond donors (Lipinski definition) is 6. The van der Waals surface area contributed by atoms with Crippen molar-refractivity contribution in [3.8, 4) is 0 Å². The van der Waals surface area contributed by atoms with Crippen LogP contribution in [0.3, 0.4) is 0 Å². The zero-order chi connectivity index (χ0) is 34.1. The molecule has 0 radical (unpaired) electrons. The number of urea groups is 1. The molecule has 12 heteroatoms. The number of carbonyl (C=O) groups is 3. The van der Waals surface area contributed by atoms with E-state index in [1.807, 2.05) is 48.3 Å². The number of piperidine rings is 2. The van der Waals surface area contributed by atoms with Crippen LogP contribution in [0.4, 0.5) is 4.79 Å². The van der Waals surface area contributed by atoms with E-state index in [-0.39, 0.29) is 29.9 Å². The highest BCUT2D eigenvalue weighted by atomic mass is 32.2. The molecule has 1 aromatic rings. The summed E-state index contributed by atoms with van der Waals surface area (Å²) < 4.78 is 0. The summed E-state index contributed by atoms with van der Waals surface area (Å²) >= 11 is 3.48. The summed E-state index contributed by atoms with van der Waals surface area (Å²) in [5.41, 5.74) is 6.97. The Morgan fingerprint density at radius 1 is 0.896 bits per heavy atom. The maximum Gasteiger partial charge on any atom is 0.318 e. The Labute approximate surface area is 296 Å². The van der Waals surface area contributed by atoms with Gasteiger partial charge in [-0.05, 0) is 87.2 Å². The van der Waals surface area contributed by atoms with Gasteiger partial charge in [-0.15, -0.1) is 11.8 Å². The molecule has 7 N–H and O–H groups in total. The van der Waals surface area contributed by atoms with Gasteiger partial charge in [0.15, 0.2) is 0 Å². The molecule has 0 spiro atoms. The number of nitrogens with zero attached hydrogens (tertiary/aromatic N) is 1. The highest BCUT2D eigenvalue weighted by Crippen LogP contribution is 2.29. The van der Waals surface area contributed by atoms with Gasteiger partial charge in [-0.3, -0.25) is 9.59 Å². The van der Waals surface area contributed by atoms with E-state index in [1.165, 1.54) is 32.1 Å². The number of hydrogen-bond acceptors (Lipinski definition) is 8. The van der Waals surface area contributed by atoms with Crippen LogP contribution in [0.5, 0.6) is 0 Å². The summed E-state index contributed by atoms with van der Waals surface area (Å²) in [4.78, 5) is 42.9. The van der Waals surface area contributed by atoms with Gasteiger partial charge in [-0.2, -0.15) is 11.8 Å². The largest absolute Gasteiger partial charge is 0.391 e. The molecule has 4 rings (SSSR count). The lowest BCUT2D eigenvalue weighted by Gasteiger charge is -2.33. The molecular formula is C36H60N6O4S2. The van der Waals surface area contributed by atoms with Gasteiger partial charge in [-0.25, -0.2) is 4.79 Å². The van der Waals surface area contributed by atoms with Crippen molar-refractivity contribution in [2.75, 3.05) is 37.4 Å². The zero-order valence-electron chi connectivity index (χ0n) is 28.9. The maximum absolute atomic E-state index is 14.0. The highest BCUT2D eigenvalue weighted by molar-refractivity contribution is 7.99. The van der Waals surface area contributed by atoms with E-state index >= 15 is 0 Å². The number of aliphatic hydroxyl groups is 1. The monoisotopic (exact) mass is 704 g/mol. The third-order valence-corrected chi connectivity index (χ3v) is 12.0. The Bertz CT molecular complexity index is 1100. The number of carbonyl (C=O) groups excluding carboxylic acids is 3. The summed E-state index contributed by atoms with van der Waals surface area (Å²) in [6.07, 6.45) is 14.4. The van der Waals surface area contributed by atoms with Crippen LogP contribution in [-0.2, 0) is 16.0 Å². The molecule has 1 aromatic carbocycles. The number of nitrogens with two attached hydrogens (primary N) is 1. The van der Waals surface area contributed by atoms with Gasteiger partial charge in [0.1, 0.15) is 12.1 Å². The van der Waals surface area contributed by atoms with Crippen LogP contribution in [0.2, 0.25) is 0 Å². The first-order valence-corrected chi connectivity index (χ1v) is 20.7. The molecule has 2 aliphatic heterocycles. The molecule has 3 aliphatic rings. The third kappa shape index (κ3) is 13.4. The van der Waals surface area contributed by atoms with Crippen molar-refractivity contribution in [2.24, 2.45) is 11.7 Å². The molecule has 48 heavy (non-hydrogen) atoms. The second kappa shape index (κ2) is 21.3. The normalized spacial score (nSPS) is 21.9. The number of aliphatic hydroxyl groups excluding tert-OH is 1. The second-order valence-corrected chi connectivity index (χ2v) is 16.2. The van der Waals surface area contributed by atoms with Gasteiger partial charge in [0.2, 0.25) is 11.8 Å². The van der Waals surface area contributed by atoms with Crippen LogP contribution in [0, 0.1) is 5.92 Å². The van der Waals surface area contributed by atoms with E-state index in [4.69, 9.17) is 5.73 Å². The number of likely N-dealkylation sites (tertiary alicyclic amines) is 1. The summed E-state index contributed by atoms with van der Waals surface area (Å²) in [6.45, 7) is 2.14. The molecule has 5 atom stereocenters. The molecule has 10 nitrogen and oxygen atoms in total. The average molecular weight is 705 g/mol. The Morgan fingerprint density at radius 2 is 1.60 bits per heavy atom. The van der Waals surface area contributed by atoms with Gasteiger partial charge >= 0.3 is 6.03 Å². The molecule has 1 aliphatic carbocycles. The number of thioether (sulfide) groups is 2. The maximum atomic E-state index is 14.0. The first kappa shape index (κ1) is 38.8. The fourth-order valence-electron chi connectivity index (χ4n) is 7.05. The van der Waals surface area contributed by atoms with Crippen molar-refractivity contribution in [1.29, 1.82) is 0 Å². The molecule has 2 saturated heterocycles. The van der Waals surface area contributed by atoms with Crippen LogP contribution in [0.15, 0.2) is 30.3 Å². The Hall–Kier alpha value is -1.99. The number of nitrogens with one attached hydrogen (secondary N) is 4. The third-order valence-electron chi connectivity index (χ3n) is 10.1. The fraction of sp³-hybridized carbons (Fsp3) is 0.750. The molecule has 0 bridgehead atoms. The summed E-state index contributed by atoms with van der Waals surface area (Å²) in [5, 5.41) is 24.6. The van der Waals surface area contributed by atoms with E-state index in [1.54, 1.807) is 16.7 Å². The molecule has 0 aromatic heterocycles. The molecule has 1 saturated carbocycles. The first-order valence-electron chi connectivity index (χ1n) is 18.3. The van der Waals surface area contributed by atoms with Crippen molar-refractivity contribution in [1.82, 2.24) is 26.2 Å². The van der Waals surface area contributed by atoms with Crippen molar-refractivity contribution in [2.45, 2.75) is 126 Å². The average Bonchev–Trinajstić information content (AvgIpc) is 3.11. The smallest absolute Gasteiger partial charge is 0.318 e. The van der Waals surface area contributed by atoms with Gasteiger partial charge in [0, 0.05) is 25.6 Å². The minimum atomic E-state index is -0.853. The van der Waals surface area contributed by atoms with Crippen molar-refractivity contribution < 1.29 is 19.5 Å². The predicted molar refractivity (Wildman–Crippen MR) is 198 cm³/mol. The molecule has 1 unspecified atom stereocenters. The summed E-state index contributed by atoms with van der Waals surface area (Å²) in [5.74, 6) is 1.33. The predicted octanol–water partition coefficient (Wildman–Crippen LogP) is 4.01. The number of amides is 4. The lowest BCUT2D eigenvalue weighted by atomic mass is 9.83. The summed E-state index contributed by atoms with van der Waals surface area (Å²) in [6, 6.07) is 7.39. The van der Waals surface area contributed by atoms with Crippen LogP contribution < -0.4 is 27.0 Å². The number of rotatable bonds is 17. The molecule has 3 fully saturated rings. The quantitative estimate of drug-likeness (QED) is 0.143. The van der Waals surface area contributed by atoms with E-state index in [2.05, 4.69) is 21.3 Å². The van der Waals surface area contributed by atoms with Gasteiger partial charge in [-0.1, -0.05) is 62.4 Å². The van der Waals surface area contributed by atoms with E-state index in [0.29, 0.717) is 49.4 Å². The topological polar surface area (TPSA) is 149 Å². The van der Waals surface area contributed by atoms with Gasteiger partial charge in [0.25, 0.3) is 0 Å². The van der Waals surface area contributed by atoms with Crippen LogP contribution >= 0.6 is 23.5 Å². The fourth-order valence-corrected chi connectivity index (χ4v) is 8.75. The van der Waals surface area contributed by atoms with E-state index in [0.717, 1.165) is 56.4 Å². The Morgan fingerprint density at radius 3 is 2.29 bits per heavy atom. The SMILES string of the molecule is CSCC[C@H](NC(=O)[C@H](Cc1ccccc1)NC(=O)N1CCC(N)CC1)C(=O)N[C@@H](CC1CCCCC1)[C@@H](O)CCSC1CCCCN1. The molecule has 2 heterocycles.